The molecule has 2 aliphatic rings. The largest absolute Gasteiger partial charge is 0.493 e. The van der Waals surface area contributed by atoms with E-state index in [1.165, 1.54) is 63.1 Å². The van der Waals surface area contributed by atoms with Crippen LogP contribution in [0.15, 0.2) is 18.2 Å². The summed E-state index contributed by atoms with van der Waals surface area (Å²) in [4.78, 5) is 5.03. The molecule has 1 aliphatic heterocycles. The van der Waals surface area contributed by atoms with E-state index in [1.54, 1.807) is 0 Å². The molecule has 1 saturated carbocycles. The van der Waals surface area contributed by atoms with Crippen LogP contribution in [-0.4, -0.2) is 56.2 Å². The Morgan fingerprint density at radius 3 is 2.44 bits per heavy atom. The monoisotopic (exact) mass is 344 g/mol. The molecule has 1 aromatic rings. The van der Waals surface area contributed by atoms with Gasteiger partial charge in [-0.3, -0.25) is 0 Å². The summed E-state index contributed by atoms with van der Waals surface area (Å²) in [6.07, 6.45) is 5.03. The lowest BCUT2D eigenvalue weighted by atomic mass is 9.85. The number of hydrogen-bond donors (Lipinski definition) is 0. The maximum Gasteiger partial charge on any atom is 0.122 e. The van der Waals surface area contributed by atoms with Crippen LogP contribution in [-0.2, 0) is 11.8 Å². The smallest absolute Gasteiger partial charge is 0.122 e. The zero-order chi connectivity index (χ0) is 17.9. The molecule has 0 bridgehead atoms. The van der Waals surface area contributed by atoms with Crippen LogP contribution in [0.25, 0.3) is 0 Å². The minimum atomic E-state index is 0.196. The van der Waals surface area contributed by atoms with Crippen LogP contribution in [0.4, 0.5) is 0 Å². The number of likely N-dealkylation sites (N-methyl/N-ethyl adjacent to an activating group) is 1. The van der Waals surface area contributed by atoms with Crippen molar-refractivity contribution in [3.63, 3.8) is 0 Å². The van der Waals surface area contributed by atoms with Crippen molar-refractivity contribution in [3.05, 3.63) is 29.3 Å². The van der Waals surface area contributed by atoms with Gasteiger partial charge >= 0.3 is 0 Å². The average Bonchev–Trinajstić information content (AvgIpc) is 3.39. The lowest BCUT2D eigenvalue weighted by Gasteiger charge is -2.32. The first-order chi connectivity index (χ1) is 11.9. The number of benzene rings is 1. The first-order valence-corrected chi connectivity index (χ1v) is 10.1. The zero-order valence-electron chi connectivity index (χ0n) is 16.7. The van der Waals surface area contributed by atoms with E-state index in [9.17, 15) is 0 Å². The van der Waals surface area contributed by atoms with Gasteiger partial charge in [0.15, 0.2) is 0 Å². The molecule has 1 saturated heterocycles. The molecule has 0 aromatic heterocycles. The Morgan fingerprint density at radius 1 is 1.08 bits per heavy atom. The molecular formula is C22H36N2O. The maximum atomic E-state index is 6.17. The summed E-state index contributed by atoms with van der Waals surface area (Å²) in [5.41, 5.74) is 3.02. The third kappa shape index (κ3) is 5.72. The summed E-state index contributed by atoms with van der Waals surface area (Å²) in [5.74, 6) is 1.93. The Labute approximate surface area is 154 Å². The molecule has 1 aliphatic carbocycles. The van der Waals surface area contributed by atoms with E-state index in [0.717, 1.165) is 24.7 Å². The first kappa shape index (κ1) is 18.7. The maximum absolute atomic E-state index is 6.17. The molecular weight excluding hydrogens is 308 g/mol. The van der Waals surface area contributed by atoms with Crippen LogP contribution in [0.3, 0.4) is 0 Å². The first-order valence-electron chi connectivity index (χ1n) is 10.1. The van der Waals surface area contributed by atoms with E-state index in [1.807, 2.05) is 0 Å². The third-order valence-corrected chi connectivity index (χ3v) is 5.61. The molecule has 3 heteroatoms. The summed E-state index contributed by atoms with van der Waals surface area (Å²) >= 11 is 0. The fourth-order valence-electron chi connectivity index (χ4n) is 3.44. The van der Waals surface area contributed by atoms with Gasteiger partial charge in [0.2, 0.25) is 0 Å². The van der Waals surface area contributed by atoms with Gasteiger partial charge in [-0.05, 0) is 67.8 Å². The molecule has 0 spiro atoms. The molecule has 2 fully saturated rings. The van der Waals surface area contributed by atoms with Crippen LogP contribution >= 0.6 is 0 Å². The van der Waals surface area contributed by atoms with Crippen molar-refractivity contribution in [1.82, 2.24) is 9.80 Å². The van der Waals surface area contributed by atoms with E-state index in [0.29, 0.717) is 0 Å². The van der Waals surface area contributed by atoms with Crippen molar-refractivity contribution in [2.24, 2.45) is 5.92 Å². The molecule has 140 valence electrons. The molecule has 25 heavy (non-hydrogen) atoms. The Morgan fingerprint density at radius 2 is 1.80 bits per heavy atom. The van der Waals surface area contributed by atoms with Gasteiger partial charge in [0, 0.05) is 26.2 Å². The van der Waals surface area contributed by atoms with E-state index in [2.05, 4.69) is 55.8 Å². The van der Waals surface area contributed by atoms with E-state index < -0.39 is 0 Å². The van der Waals surface area contributed by atoms with Crippen LogP contribution in [0.2, 0.25) is 0 Å². The Hall–Kier alpha value is -1.06. The fraction of sp³-hybridized carbons (Fsp3) is 0.727. The summed E-state index contributed by atoms with van der Waals surface area (Å²) in [7, 11) is 2.22. The van der Waals surface area contributed by atoms with E-state index >= 15 is 0 Å². The Bertz CT molecular complexity index is 552. The molecule has 0 N–H and O–H groups in total. The van der Waals surface area contributed by atoms with Crippen molar-refractivity contribution in [1.29, 1.82) is 0 Å². The van der Waals surface area contributed by atoms with Crippen LogP contribution in [0, 0.1) is 5.92 Å². The molecule has 0 amide bonds. The van der Waals surface area contributed by atoms with Gasteiger partial charge in [-0.2, -0.15) is 0 Å². The quantitative estimate of drug-likeness (QED) is 0.745. The summed E-state index contributed by atoms with van der Waals surface area (Å²) in [6.45, 7) is 13.8. The lowest BCUT2D eigenvalue weighted by molar-refractivity contribution is 0.153. The van der Waals surface area contributed by atoms with Crippen molar-refractivity contribution >= 4 is 0 Å². The highest BCUT2D eigenvalue weighted by Gasteiger charge is 2.23. The van der Waals surface area contributed by atoms with Crippen molar-refractivity contribution in [2.45, 2.75) is 51.9 Å². The van der Waals surface area contributed by atoms with Gasteiger partial charge in [-0.1, -0.05) is 32.9 Å². The normalized spacial score (nSPS) is 20.0. The predicted octanol–water partition coefficient (Wildman–Crippen LogP) is 3.95. The van der Waals surface area contributed by atoms with Crippen LogP contribution < -0.4 is 4.74 Å². The standard InChI is InChI=1S/C22H36N2O/c1-22(2,3)20-9-10-21(25-17-18-7-8-18)19(16-20)6-5-11-24-14-12-23(4)13-15-24/h9-10,16,18H,5-8,11-15,17H2,1-4H3. The van der Waals surface area contributed by atoms with Crippen LogP contribution in [0.1, 0.15) is 51.2 Å². The van der Waals surface area contributed by atoms with Crippen molar-refractivity contribution in [3.8, 4) is 5.75 Å². The molecule has 1 heterocycles. The fourth-order valence-corrected chi connectivity index (χ4v) is 3.44. The second-order valence-corrected chi connectivity index (χ2v) is 9.08. The number of nitrogens with zero attached hydrogens (tertiary/aromatic N) is 2. The highest BCUT2D eigenvalue weighted by molar-refractivity contribution is 5.40. The lowest BCUT2D eigenvalue weighted by Crippen LogP contribution is -2.44. The highest BCUT2D eigenvalue weighted by atomic mass is 16.5. The minimum Gasteiger partial charge on any atom is -0.493 e. The topological polar surface area (TPSA) is 15.7 Å². The predicted molar refractivity (Wildman–Crippen MR) is 106 cm³/mol. The van der Waals surface area contributed by atoms with Crippen molar-refractivity contribution in [2.75, 3.05) is 46.4 Å². The SMILES string of the molecule is CN1CCN(CCCc2cc(C(C)(C)C)ccc2OCC2CC2)CC1. The van der Waals surface area contributed by atoms with E-state index in [4.69, 9.17) is 4.74 Å². The molecule has 0 atom stereocenters. The summed E-state index contributed by atoms with van der Waals surface area (Å²) in [5, 5.41) is 0. The van der Waals surface area contributed by atoms with Gasteiger partial charge in [0.25, 0.3) is 0 Å². The number of piperazine rings is 1. The second kappa shape index (κ2) is 8.09. The number of aryl methyl sites for hydroxylation is 1. The van der Waals surface area contributed by atoms with Gasteiger partial charge in [0.1, 0.15) is 5.75 Å². The molecule has 3 rings (SSSR count). The van der Waals surface area contributed by atoms with Crippen molar-refractivity contribution < 1.29 is 4.74 Å². The van der Waals surface area contributed by atoms with E-state index in [-0.39, 0.29) is 5.41 Å². The second-order valence-electron chi connectivity index (χ2n) is 9.08. The van der Waals surface area contributed by atoms with Gasteiger partial charge < -0.3 is 14.5 Å². The highest BCUT2D eigenvalue weighted by Crippen LogP contribution is 2.32. The van der Waals surface area contributed by atoms with Gasteiger partial charge in [0.05, 0.1) is 6.61 Å². The minimum absolute atomic E-state index is 0.196. The molecule has 1 aromatic carbocycles. The molecule has 3 nitrogen and oxygen atoms in total. The van der Waals surface area contributed by atoms with Crippen LogP contribution in [0.5, 0.6) is 5.75 Å². The summed E-state index contributed by atoms with van der Waals surface area (Å²) in [6, 6.07) is 6.87. The zero-order valence-corrected chi connectivity index (χ0v) is 16.7. The van der Waals surface area contributed by atoms with Gasteiger partial charge in [-0.25, -0.2) is 0 Å². The summed E-state index contributed by atoms with van der Waals surface area (Å²) < 4.78 is 6.17. The number of rotatable bonds is 7. The van der Waals surface area contributed by atoms with Gasteiger partial charge in [-0.15, -0.1) is 0 Å². The molecule has 0 unspecified atom stereocenters. The molecule has 0 radical (unpaired) electrons. The number of ether oxygens (including phenoxy) is 1. The Kier molecular flexibility index (Phi) is 6.06. The average molecular weight is 345 g/mol. The number of hydrogen-bond acceptors (Lipinski definition) is 3. The third-order valence-electron chi connectivity index (χ3n) is 5.61. The Balaban J connectivity index is 1.59.